The number of halogens is 1. The molecule has 3 aromatic rings. The summed E-state index contributed by atoms with van der Waals surface area (Å²) in [5.74, 6) is 0.888. The average molecular weight is 358 g/mol. The summed E-state index contributed by atoms with van der Waals surface area (Å²) in [5, 5.41) is 3.46. The Kier molecular flexibility index (Phi) is 5.25. The zero-order valence-corrected chi connectivity index (χ0v) is 14.2. The topological polar surface area (TPSA) is 63.8 Å². The first-order valence-corrected chi connectivity index (χ1v) is 8.29. The van der Waals surface area contributed by atoms with Gasteiger partial charge in [0.05, 0.1) is 11.1 Å². The van der Waals surface area contributed by atoms with E-state index in [4.69, 9.17) is 9.15 Å². The SMILES string of the molecule is Cc1cccc(OCc2ccc(C(=O)N/N=C\c3ccc(F)s3)o2)c1. The predicted molar refractivity (Wildman–Crippen MR) is 93.6 cm³/mol. The van der Waals surface area contributed by atoms with E-state index in [0.717, 1.165) is 22.6 Å². The van der Waals surface area contributed by atoms with Crippen LogP contribution in [0.25, 0.3) is 0 Å². The van der Waals surface area contributed by atoms with Crippen LogP contribution in [0.5, 0.6) is 5.75 Å². The lowest BCUT2D eigenvalue weighted by molar-refractivity contribution is 0.0923. The maximum absolute atomic E-state index is 12.8. The zero-order valence-electron chi connectivity index (χ0n) is 13.4. The van der Waals surface area contributed by atoms with Gasteiger partial charge in [0, 0.05) is 0 Å². The molecule has 128 valence electrons. The van der Waals surface area contributed by atoms with Crippen LogP contribution in [0.2, 0.25) is 0 Å². The van der Waals surface area contributed by atoms with E-state index in [-0.39, 0.29) is 17.5 Å². The number of rotatable bonds is 6. The number of hydrogen-bond acceptors (Lipinski definition) is 5. The predicted octanol–water partition coefficient (Wildman–Crippen LogP) is 4.13. The number of nitrogens with one attached hydrogen (secondary N) is 1. The van der Waals surface area contributed by atoms with Crippen LogP contribution in [0.15, 0.2) is 58.0 Å². The van der Waals surface area contributed by atoms with E-state index in [1.54, 1.807) is 18.2 Å². The quantitative estimate of drug-likeness (QED) is 0.532. The smallest absolute Gasteiger partial charge is 0.307 e. The number of nitrogens with zero attached hydrogens (tertiary/aromatic N) is 1. The molecule has 0 aliphatic carbocycles. The normalized spacial score (nSPS) is 11.0. The summed E-state index contributed by atoms with van der Waals surface area (Å²) in [4.78, 5) is 12.5. The van der Waals surface area contributed by atoms with Crippen molar-refractivity contribution in [2.45, 2.75) is 13.5 Å². The summed E-state index contributed by atoms with van der Waals surface area (Å²) in [6.07, 6.45) is 1.37. The number of amides is 1. The molecule has 1 amide bonds. The highest BCUT2D eigenvalue weighted by atomic mass is 32.1. The second-order valence-electron chi connectivity index (χ2n) is 5.21. The molecule has 2 heterocycles. The van der Waals surface area contributed by atoms with Crippen LogP contribution in [0, 0.1) is 12.1 Å². The Hall–Kier alpha value is -2.93. The average Bonchev–Trinajstić information content (AvgIpc) is 3.22. The van der Waals surface area contributed by atoms with Gasteiger partial charge in [-0.3, -0.25) is 4.79 Å². The summed E-state index contributed by atoms with van der Waals surface area (Å²) in [5.41, 5.74) is 3.43. The number of ether oxygens (including phenoxy) is 1. The molecule has 0 spiro atoms. The number of thiophene rings is 1. The molecule has 0 aliphatic rings. The first-order valence-electron chi connectivity index (χ1n) is 7.47. The van der Waals surface area contributed by atoms with Crippen molar-refractivity contribution in [3.8, 4) is 5.75 Å². The van der Waals surface area contributed by atoms with Gasteiger partial charge < -0.3 is 9.15 Å². The van der Waals surface area contributed by atoms with Crippen LogP contribution in [0.4, 0.5) is 4.39 Å². The molecule has 0 atom stereocenters. The molecule has 3 rings (SSSR count). The van der Waals surface area contributed by atoms with Gasteiger partial charge in [-0.15, -0.1) is 11.3 Å². The monoisotopic (exact) mass is 358 g/mol. The van der Waals surface area contributed by atoms with Gasteiger partial charge in [0.15, 0.2) is 10.9 Å². The molecule has 7 heteroatoms. The third kappa shape index (κ3) is 4.77. The summed E-state index contributed by atoms with van der Waals surface area (Å²) in [6.45, 7) is 2.20. The van der Waals surface area contributed by atoms with Crippen LogP contribution >= 0.6 is 11.3 Å². The highest BCUT2D eigenvalue weighted by molar-refractivity contribution is 7.12. The summed E-state index contributed by atoms with van der Waals surface area (Å²) >= 11 is 0.938. The van der Waals surface area contributed by atoms with Gasteiger partial charge in [-0.2, -0.15) is 9.49 Å². The number of aryl methyl sites for hydroxylation is 1. The van der Waals surface area contributed by atoms with Crippen LogP contribution in [0.3, 0.4) is 0 Å². The van der Waals surface area contributed by atoms with Crippen LogP contribution in [-0.4, -0.2) is 12.1 Å². The second kappa shape index (κ2) is 7.76. The van der Waals surface area contributed by atoms with Gasteiger partial charge >= 0.3 is 5.91 Å². The number of hydrazone groups is 1. The van der Waals surface area contributed by atoms with Crippen molar-refractivity contribution in [3.05, 3.63) is 75.6 Å². The molecule has 2 aromatic heterocycles. The van der Waals surface area contributed by atoms with E-state index in [0.29, 0.717) is 10.6 Å². The molecule has 0 unspecified atom stereocenters. The summed E-state index contributed by atoms with van der Waals surface area (Å²) in [6, 6.07) is 13.8. The second-order valence-corrected chi connectivity index (χ2v) is 6.28. The number of carbonyl (C=O) groups excluding carboxylic acids is 1. The fourth-order valence-corrected chi connectivity index (χ4v) is 2.65. The molecular weight excluding hydrogens is 343 g/mol. The van der Waals surface area contributed by atoms with E-state index in [1.807, 2.05) is 31.2 Å². The van der Waals surface area contributed by atoms with Crippen molar-refractivity contribution in [3.63, 3.8) is 0 Å². The van der Waals surface area contributed by atoms with Crippen LogP contribution in [0.1, 0.15) is 26.8 Å². The molecule has 1 N–H and O–H groups in total. The Bertz CT molecular complexity index is 901. The molecule has 0 saturated carbocycles. The zero-order chi connectivity index (χ0) is 17.6. The largest absolute Gasteiger partial charge is 0.486 e. The van der Waals surface area contributed by atoms with E-state index in [1.165, 1.54) is 12.3 Å². The van der Waals surface area contributed by atoms with Crippen LogP contribution < -0.4 is 10.2 Å². The maximum atomic E-state index is 12.8. The highest BCUT2D eigenvalue weighted by Crippen LogP contribution is 2.16. The van der Waals surface area contributed by atoms with E-state index in [9.17, 15) is 9.18 Å². The fourth-order valence-electron chi connectivity index (χ4n) is 2.04. The van der Waals surface area contributed by atoms with Crippen molar-refractivity contribution in [2.75, 3.05) is 0 Å². The van der Waals surface area contributed by atoms with Gasteiger partial charge in [0.2, 0.25) is 0 Å². The molecule has 0 radical (unpaired) electrons. The van der Waals surface area contributed by atoms with Crippen molar-refractivity contribution in [2.24, 2.45) is 5.10 Å². The van der Waals surface area contributed by atoms with Crippen molar-refractivity contribution >= 4 is 23.5 Å². The van der Waals surface area contributed by atoms with Gasteiger partial charge in [-0.05, 0) is 48.9 Å². The molecule has 25 heavy (non-hydrogen) atoms. The first-order chi connectivity index (χ1) is 12.1. The van der Waals surface area contributed by atoms with Crippen molar-refractivity contribution in [1.29, 1.82) is 0 Å². The Balaban J connectivity index is 1.53. The number of hydrogen-bond donors (Lipinski definition) is 1. The number of carbonyl (C=O) groups is 1. The highest BCUT2D eigenvalue weighted by Gasteiger charge is 2.11. The molecule has 0 fully saturated rings. The van der Waals surface area contributed by atoms with E-state index >= 15 is 0 Å². The lowest BCUT2D eigenvalue weighted by atomic mass is 10.2. The Morgan fingerprint density at radius 3 is 2.96 bits per heavy atom. The number of furan rings is 1. The minimum absolute atomic E-state index is 0.123. The lowest BCUT2D eigenvalue weighted by Gasteiger charge is -2.04. The molecule has 0 aliphatic heterocycles. The Labute approximate surface area is 147 Å². The van der Waals surface area contributed by atoms with Gasteiger partial charge in [-0.25, -0.2) is 5.43 Å². The molecule has 0 bridgehead atoms. The Morgan fingerprint density at radius 2 is 2.20 bits per heavy atom. The molecule has 1 aromatic carbocycles. The van der Waals surface area contributed by atoms with Crippen molar-refractivity contribution in [1.82, 2.24) is 5.43 Å². The first kappa shape index (κ1) is 16.9. The minimum atomic E-state index is -0.491. The third-order valence-electron chi connectivity index (χ3n) is 3.21. The van der Waals surface area contributed by atoms with E-state index in [2.05, 4.69) is 10.5 Å². The summed E-state index contributed by atoms with van der Waals surface area (Å²) in [7, 11) is 0. The molecular formula is C18H15FN2O3S. The third-order valence-corrected chi connectivity index (χ3v) is 4.02. The van der Waals surface area contributed by atoms with Gasteiger partial charge in [-0.1, -0.05) is 12.1 Å². The number of benzene rings is 1. The Morgan fingerprint density at radius 1 is 1.32 bits per heavy atom. The van der Waals surface area contributed by atoms with E-state index < -0.39 is 5.91 Å². The standard InChI is InChI=1S/C18H15FN2O3S/c1-12-3-2-4-13(9-12)23-11-14-5-7-16(24-14)18(22)21-20-10-15-6-8-17(19)25-15/h2-10H,11H2,1H3,(H,21,22)/b20-10-. The molecule has 5 nitrogen and oxygen atoms in total. The maximum Gasteiger partial charge on any atom is 0.307 e. The van der Waals surface area contributed by atoms with Crippen molar-refractivity contribution < 1.29 is 18.3 Å². The molecule has 0 saturated heterocycles. The van der Waals surface area contributed by atoms with Gasteiger partial charge in [0.1, 0.15) is 18.1 Å². The summed E-state index contributed by atoms with van der Waals surface area (Å²) < 4.78 is 23.9. The van der Waals surface area contributed by atoms with Gasteiger partial charge in [0.25, 0.3) is 0 Å². The minimum Gasteiger partial charge on any atom is -0.486 e. The fraction of sp³-hybridized carbons (Fsp3) is 0.111. The van der Waals surface area contributed by atoms with Crippen LogP contribution in [-0.2, 0) is 6.61 Å². The lowest BCUT2D eigenvalue weighted by Crippen LogP contribution is -2.16.